The topological polar surface area (TPSA) is 138 Å². The minimum atomic E-state index is -0.614. The number of amides is 3. The van der Waals surface area contributed by atoms with E-state index in [9.17, 15) is 18.8 Å². The predicted octanol–water partition coefficient (Wildman–Crippen LogP) is 1.84. The molecule has 3 N–H and O–H groups in total. The van der Waals surface area contributed by atoms with Crippen LogP contribution in [-0.4, -0.2) is 83.7 Å². The highest BCUT2D eigenvalue weighted by molar-refractivity contribution is 5.95. The van der Waals surface area contributed by atoms with E-state index in [4.69, 9.17) is 9.47 Å². The maximum absolute atomic E-state index is 15.0. The third kappa shape index (κ3) is 5.08. The highest BCUT2D eigenvalue weighted by Gasteiger charge is 2.48. The molecular weight excluding hydrogens is 533 g/mol. The molecule has 3 fully saturated rings. The first-order chi connectivity index (χ1) is 19.8. The zero-order valence-electron chi connectivity index (χ0n) is 22.6. The molecule has 0 bridgehead atoms. The average Bonchev–Trinajstić information content (AvgIpc) is 3.69. The van der Waals surface area contributed by atoms with E-state index in [-0.39, 0.29) is 47.9 Å². The van der Waals surface area contributed by atoms with E-state index >= 15 is 0 Å². The van der Waals surface area contributed by atoms with E-state index < -0.39 is 11.7 Å². The van der Waals surface area contributed by atoms with Crippen LogP contribution in [0.15, 0.2) is 18.3 Å². The van der Waals surface area contributed by atoms with Crippen molar-refractivity contribution in [2.24, 2.45) is 5.92 Å². The molecule has 3 amide bonds. The Morgan fingerprint density at radius 2 is 2.07 bits per heavy atom. The Hall–Kier alpha value is -3.84. The second-order valence-electron chi connectivity index (χ2n) is 11.7. The Balaban J connectivity index is 0.943. The molecule has 2 aromatic rings. The van der Waals surface area contributed by atoms with Crippen LogP contribution < -0.4 is 25.6 Å². The minimum absolute atomic E-state index is 0.107. The van der Waals surface area contributed by atoms with Crippen LogP contribution in [0.5, 0.6) is 5.88 Å². The molecule has 216 valence electrons. The molecule has 3 saturated heterocycles. The van der Waals surface area contributed by atoms with Gasteiger partial charge in [0.2, 0.25) is 5.91 Å². The molecule has 0 saturated carbocycles. The summed E-state index contributed by atoms with van der Waals surface area (Å²) in [6, 6.07) is 3.15. The van der Waals surface area contributed by atoms with Crippen LogP contribution in [0.1, 0.15) is 36.8 Å². The Morgan fingerprint density at radius 1 is 1.22 bits per heavy atom. The van der Waals surface area contributed by atoms with Gasteiger partial charge >= 0.3 is 6.09 Å². The minimum Gasteiger partial charge on any atom is -0.465 e. The van der Waals surface area contributed by atoms with Crippen molar-refractivity contribution in [3.63, 3.8) is 0 Å². The van der Waals surface area contributed by atoms with Gasteiger partial charge in [-0.25, -0.2) is 19.2 Å². The van der Waals surface area contributed by atoms with Gasteiger partial charge < -0.3 is 30.3 Å². The van der Waals surface area contributed by atoms with Crippen molar-refractivity contribution in [1.29, 1.82) is 0 Å². The number of hydrogen-bond donors (Lipinski definition) is 3. The van der Waals surface area contributed by atoms with E-state index in [1.807, 2.05) is 6.07 Å². The number of halogens is 1. The number of aromatic nitrogens is 2. The molecule has 5 heterocycles. The van der Waals surface area contributed by atoms with Crippen molar-refractivity contribution in [3.8, 4) is 5.88 Å². The van der Waals surface area contributed by atoms with E-state index in [0.29, 0.717) is 37.3 Å². The van der Waals surface area contributed by atoms with Crippen LogP contribution in [0, 0.1) is 11.7 Å². The summed E-state index contributed by atoms with van der Waals surface area (Å²) in [5.41, 5.74) is 1.61. The fraction of sp³-hybridized carbons (Fsp3) is 0.536. The predicted molar refractivity (Wildman–Crippen MR) is 145 cm³/mol. The summed E-state index contributed by atoms with van der Waals surface area (Å²) in [6.07, 6.45) is 5.51. The summed E-state index contributed by atoms with van der Waals surface area (Å²) < 4.78 is 26.1. The van der Waals surface area contributed by atoms with Crippen molar-refractivity contribution in [1.82, 2.24) is 20.2 Å². The Bertz CT molecular complexity index is 1410. The molecule has 41 heavy (non-hydrogen) atoms. The molecule has 7 rings (SSSR count). The number of ether oxygens (including phenoxy) is 2. The number of piperidine rings is 1. The number of carbonyl (C=O) groups is 3. The molecule has 1 aromatic carbocycles. The van der Waals surface area contributed by atoms with Crippen LogP contribution in [0.4, 0.5) is 26.5 Å². The van der Waals surface area contributed by atoms with Gasteiger partial charge in [0.05, 0.1) is 18.8 Å². The van der Waals surface area contributed by atoms with E-state index in [1.54, 1.807) is 0 Å². The molecule has 1 unspecified atom stereocenters. The van der Waals surface area contributed by atoms with Crippen molar-refractivity contribution in [2.75, 3.05) is 54.9 Å². The number of hydrogen-bond acceptors (Lipinski definition) is 9. The van der Waals surface area contributed by atoms with Gasteiger partial charge in [-0.1, -0.05) is 0 Å². The maximum atomic E-state index is 15.0. The lowest BCUT2D eigenvalue weighted by atomic mass is 9.90. The first-order valence-electron chi connectivity index (χ1n) is 14.2. The fourth-order valence-electron chi connectivity index (χ4n) is 6.67. The number of nitrogens with zero attached hydrogens (tertiary/aromatic N) is 4. The molecule has 1 spiro atoms. The SMILES string of the molecule is O=C1COc2ncc(N3CC4(CCN(CC5Cc6cc(NC(=O)[C@@H]7CCCN7)cc(F)c6C5)CC4)OC3=O)nc2N1. The van der Waals surface area contributed by atoms with Crippen LogP contribution in [0.2, 0.25) is 0 Å². The number of anilines is 3. The second-order valence-corrected chi connectivity index (χ2v) is 11.7. The largest absolute Gasteiger partial charge is 0.465 e. The molecule has 12 nitrogen and oxygen atoms in total. The molecule has 4 aliphatic heterocycles. The van der Waals surface area contributed by atoms with Crippen LogP contribution in [0.3, 0.4) is 0 Å². The fourth-order valence-corrected chi connectivity index (χ4v) is 6.67. The van der Waals surface area contributed by atoms with E-state index in [1.165, 1.54) is 17.2 Å². The van der Waals surface area contributed by atoms with E-state index in [0.717, 1.165) is 56.6 Å². The van der Waals surface area contributed by atoms with Gasteiger partial charge in [-0.15, -0.1) is 0 Å². The van der Waals surface area contributed by atoms with Crippen molar-refractivity contribution in [2.45, 2.75) is 50.2 Å². The molecule has 1 aromatic heterocycles. The lowest BCUT2D eigenvalue weighted by Crippen LogP contribution is -2.48. The maximum Gasteiger partial charge on any atom is 0.416 e. The zero-order valence-corrected chi connectivity index (χ0v) is 22.6. The quantitative estimate of drug-likeness (QED) is 0.496. The summed E-state index contributed by atoms with van der Waals surface area (Å²) in [6.45, 7) is 3.40. The van der Waals surface area contributed by atoms with Gasteiger partial charge in [0.1, 0.15) is 11.4 Å². The summed E-state index contributed by atoms with van der Waals surface area (Å²) in [5.74, 6) is 0.309. The van der Waals surface area contributed by atoms with Gasteiger partial charge in [-0.2, -0.15) is 0 Å². The average molecular weight is 566 g/mol. The number of likely N-dealkylation sites (tertiary alicyclic amines) is 1. The summed E-state index contributed by atoms with van der Waals surface area (Å²) >= 11 is 0. The van der Waals surface area contributed by atoms with E-state index in [2.05, 4.69) is 30.8 Å². The first kappa shape index (κ1) is 26.1. The zero-order chi connectivity index (χ0) is 28.1. The summed E-state index contributed by atoms with van der Waals surface area (Å²) in [4.78, 5) is 49.3. The number of rotatable bonds is 5. The van der Waals surface area contributed by atoms with Crippen LogP contribution in [-0.2, 0) is 27.2 Å². The highest BCUT2D eigenvalue weighted by Crippen LogP contribution is 2.38. The number of carbonyl (C=O) groups excluding carboxylic acids is 3. The Morgan fingerprint density at radius 3 is 2.88 bits per heavy atom. The lowest BCUT2D eigenvalue weighted by Gasteiger charge is -2.38. The first-order valence-corrected chi connectivity index (χ1v) is 14.2. The smallest absolute Gasteiger partial charge is 0.416 e. The van der Waals surface area contributed by atoms with Crippen molar-refractivity contribution >= 4 is 35.2 Å². The van der Waals surface area contributed by atoms with Crippen molar-refractivity contribution in [3.05, 3.63) is 35.3 Å². The molecule has 13 heteroatoms. The Kier molecular flexibility index (Phi) is 6.50. The standard InChI is InChI=1S/C28H32FN7O5/c29-20-11-18(32-25(38)21-2-1-5-30-21)10-17-8-16(9-19(17)20)13-35-6-3-28(4-7-35)15-36(27(39)41-28)22-12-31-26-24(33-22)34-23(37)14-40-26/h10-12,16,21,30H,1-9,13-15H2,(H,32,38)(H,33,34,37)/t16?,21-/m0/s1. The third-order valence-electron chi connectivity index (χ3n) is 8.79. The number of fused-ring (bicyclic) bond motifs is 2. The molecule has 0 radical (unpaired) electrons. The normalized spacial score (nSPS) is 25.0. The molecule has 1 aliphatic carbocycles. The van der Waals surface area contributed by atoms with Crippen molar-refractivity contribution < 1.29 is 28.2 Å². The summed E-state index contributed by atoms with van der Waals surface area (Å²) in [7, 11) is 0. The van der Waals surface area contributed by atoms with Gasteiger partial charge in [0.15, 0.2) is 18.2 Å². The number of benzene rings is 1. The third-order valence-corrected chi connectivity index (χ3v) is 8.79. The van der Waals surface area contributed by atoms with Crippen LogP contribution in [0.25, 0.3) is 0 Å². The highest BCUT2D eigenvalue weighted by atomic mass is 19.1. The summed E-state index contributed by atoms with van der Waals surface area (Å²) in [5, 5.41) is 8.67. The van der Waals surface area contributed by atoms with Crippen LogP contribution >= 0.6 is 0 Å². The lowest BCUT2D eigenvalue weighted by molar-refractivity contribution is -0.119. The molecular formula is C28H32FN7O5. The second kappa shape index (κ2) is 10.2. The van der Waals surface area contributed by atoms with Gasteiger partial charge in [0.25, 0.3) is 11.8 Å². The van der Waals surface area contributed by atoms with Gasteiger partial charge in [-0.05, 0) is 61.4 Å². The molecule has 2 atom stereocenters. The number of nitrogens with one attached hydrogen (secondary N) is 3. The molecule has 5 aliphatic rings. The van der Waals surface area contributed by atoms with Gasteiger partial charge in [-0.3, -0.25) is 14.5 Å². The Labute approximate surface area is 236 Å². The monoisotopic (exact) mass is 565 g/mol. The van der Waals surface area contributed by atoms with Gasteiger partial charge in [0, 0.05) is 38.2 Å².